The Balaban J connectivity index is 1.38. The molecule has 1 atom stereocenters. The minimum atomic E-state index is -4.51. The van der Waals surface area contributed by atoms with Crippen molar-refractivity contribution in [3.63, 3.8) is 0 Å². The molecule has 1 aromatic carbocycles. The van der Waals surface area contributed by atoms with Crippen molar-refractivity contribution >= 4 is 11.7 Å². The van der Waals surface area contributed by atoms with Gasteiger partial charge in [0.15, 0.2) is 6.10 Å². The Hall–Kier alpha value is -2.84. The molecule has 1 fully saturated rings. The Labute approximate surface area is 159 Å². The first-order chi connectivity index (χ1) is 13.4. The van der Waals surface area contributed by atoms with Gasteiger partial charge in [0.1, 0.15) is 23.6 Å². The van der Waals surface area contributed by atoms with E-state index in [4.69, 9.17) is 4.74 Å². The molecule has 28 heavy (non-hydrogen) atoms. The molecule has 2 aromatic rings. The molecule has 0 unspecified atom stereocenters. The van der Waals surface area contributed by atoms with Crippen molar-refractivity contribution in [1.29, 1.82) is 0 Å². The van der Waals surface area contributed by atoms with Crippen LogP contribution in [0.3, 0.4) is 0 Å². The molecule has 4 rings (SSSR count). The van der Waals surface area contributed by atoms with Crippen LogP contribution in [0.5, 0.6) is 5.75 Å². The molecular formula is C19H19F3N4O2. The number of rotatable bonds is 2. The van der Waals surface area contributed by atoms with E-state index in [1.165, 1.54) is 0 Å². The number of hydrogen-bond acceptors (Lipinski definition) is 5. The molecule has 0 radical (unpaired) electrons. The fourth-order valence-electron chi connectivity index (χ4n) is 3.53. The van der Waals surface area contributed by atoms with E-state index in [0.29, 0.717) is 32.6 Å². The highest BCUT2D eigenvalue weighted by atomic mass is 19.4. The van der Waals surface area contributed by atoms with Crippen molar-refractivity contribution in [3.8, 4) is 5.75 Å². The summed E-state index contributed by atoms with van der Waals surface area (Å²) in [6.07, 6.45) is -2.70. The number of carbonyl (C=O) groups is 1. The van der Waals surface area contributed by atoms with E-state index in [-0.39, 0.29) is 11.7 Å². The molecule has 0 N–H and O–H groups in total. The maximum atomic E-state index is 12.8. The third-order valence-corrected chi connectivity index (χ3v) is 5.05. The molecule has 0 aliphatic carbocycles. The van der Waals surface area contributed by atoms with Gasteiger partial charge in [-0.05, 0) is 24.5 Å². The molecule has 3 heterocycles. The monoisotopic (exact) mass is 392 g/mol. The third-order valence-electron chi connectivity index (χ3n) is 5.05. The third kappa shape index (κ3) is 3.74. The lowest BCUT2D eigenvalue weighted by Gasteiger charge is -2.37. The van der Waals surface area contributed by atoms with Crippen molar-refractivity contribution in [1.82, 2.24) is 14.9 Å². The summed E-state index contributed by atoms with van der Waals surface area (Å²) in [5.74, 6) is 0.886. The fourth-order valence-corrected chi connectivity index (χ4v) is 3.53. The summed E-state index contributed by atoms with van der Waals surface area (Å²) in [7, 11) is 0. The summed E-state index contributed by atoms with van der Waals surface area (Å²) in [6, 6.07) is 8.62. The standard InChI is InChI=1S/C19H19F3N4O2/c20-19(21,22)16-11-17(24-12-23-16)25-7-9-26(10-8-25)18(27)15-6-5-13-3-1-2-4-14(13)28-15/h1-4,11-12,15H,5-10H2/t15-/m0/s1. The zero-order chi connectivity index (χ0) is 19.7. The molecule has 148 valence electrons. The van der Waals surface area contributed by atoms with Gasteiger partial charge >= 0.3 is 6.18 Å². The van der Waals surface area contributed by atoms with Gasteiger partial charge < -0.3 is 14.5 Å². The van der Waals surface area contributed by atoms with Crippen LogP contribution >= 0.6 is 0 Å². The zero-order valence-corrected chi connectivity index (χ0v) is 15.0. The fraction of sp³-hybridized carbons (Fsp3) is 0.421. The number of fused-ring (bicyclic) bond motifs is 1. The topological polar surface area (TPSA) is 58.6 Å². The second-order valence-corrected chi connectivity index (χ2v) is 6.82. The van der Waals surface area contributed by atoms with Crippen molar-refractivity contribution in [3.05, 3.63) is 47.9 Å². The van der Waals surface area contributed by atoms with Gasteiger partial charge in [-0.2, -0.15) is 13.2 Å². The van der Waals surface area contributed by atoms with Crippen LogP contribution in [-0.4, -0.2) is 53.1 Å². The zero-order valence-electron chi connectivity index (χ0n) is 15.0. The maximum absolute atomic E-state index is 12.8. The molecule has 1 aromatic heterocycles. The number of anilines is 1. The molecule has 0 bridgehead atoms. The molecule has 0 saturated carbocycles. The van der Waals surface area contributed by atoms with E-state index < -0.39 is 18.0 Å². The molecule has 2 aliphatic heterocycles. The van der Waals surface area contributed by atoms with E-state index in [9.17, 15) is 18.0 Å². The number of piperazine rings is 1. The van der Waals surface area contributed by atoms with Crippen LogP contribution in [0.15, 0.2) is 36.7 Å². The highest BCUT2D eigenvalue weighted by Gasteiger charge is 2.34. The second kappa shape index (κ2) is 7.29. The van der Waals surface area contributed by atoms with Crippen molar-refractivity contribution in [2.24, 2.45) is 0 Å². The number of alkyl halides is 3. The number of ether oxygens (including phenoxy) is 1. The number of aromatic nitrogens is 2. The number of carbonyl (C=O) groups excluding carboxylic acids is 1. The molecular weight excluding hydrogens is 373 g/mol. The van der Waals surface area contributed by atoms with Crippen LogP contribution in [0.1, 0.15) is 17.7 Å². The maximum Gasteiger partial charge on any atom is 0.433 e. The lowest BCUT2D eigenvalue weighted by molar-refractivity contribution is -0.141. The summed E-state index contributed by atoms with van der Waals surface area (Å²) in [5.41, 5.74) is 0.130. The lowest BCUT2D eigenvalue weighted by Crippen LogP contribution is -2.53. The summed E-state index contributed by atoms with van der Waals surface area (Å²) in [5, 5.41) is 0. The second-order valence-electron chi connectivity index (χ2n) is 6.82. The molecule has 1 amide bonds. The Morgan fingerprint density at radius 3 is 2.61 bits per heavy atom. The number of hydrogen-bond donors (Lipinski definition) is 0. The Kier molecular flexibility index (Phi) is 4.82. The summed E-state index contributed by atoms with van der Waals surface area (Å²) >= 11 is 0. The smallest absolute Gasteiger partial charge is 0.433 e. The van der Waals surface area contributed by atoms with Crippen LogP contribution in [0.25, 0.3) is 0 Å². The van der Waals surface area contributed by atoms with Crippen LogP contribution in [0, 0.1) is 0 Å². The molecule has 0 spiro atoms. The van der Waals surface area contributed by atoms with Gasteiger partial charge in [0.25, 0.3) is 5.91 Å². The SMILES string of the molecule is O=C([C@@H]1CCc2ccccc2O1)N1CCN(c2cc(C(F)(F)F)ncn2)CC1. The molecule has 9 heteroatoms. The van der Waals surface area contributed by atoms with E-state index in [0.717, 1.165) is 30.1 Å². The Bertz CT molecular complexity index is 866. The van der Waals surface area contributed by atoms with Gasteiger partial charge in [-0.15, -0.1) is 0 Å². The normalized spacial score (nSPS) is 19.8. The van der Waals surface area contributed by atoms with Gasteiger partial charge in [0.05, 0.1) is 0 Å². The quantitative estimate of drug-likeness (QED) is 0.786. The first-order valence-electron chi connectivity index (χ1n) is 9.09. The van der Waals surface area contributed by atoms with Gasteiger partial charge in [-0.1, -0.05) is 18.2 Å². The number of halogens is 3. The first kappa shape index (κ1) is 18.5. The lowest BCUT2D eigenvalue weighted by atomic mass is 10.0. The van der Waals surface area contributed by atoms with E-state index in [1.54, 1.807) is 9.80 Å². The molecule has 2 aliphatic rings. The van der Waals surface area contributed by atoms with Gasteiger partial charge in [0, 0.05) is 32.2 Å². The highest BCUT2D eigenvalue weighted by Crippen LogP contribution is 2.30. The Morgan fingerprint density at radius 2 is 1.86 bits per heavy atom. The van der Waals surface area contributed by atoms with E-state index in [1.807, 2.05) is 24.3 Å². The summed E-state index contributed by atoms with van der Waals surface area (Å²) in [4.78, 5) is 23.5. The average molecular weight is 392 g/mol. The minimum absolute atomic E-state index is 0.0761. The summed E-state index contributed by atoms with van der Waals surface area (Å²) < 4.78 is 44.4. The molecule has 6 nitrogen and oxygen atoms in total. The van der Waals surface area contributed by atoms with Crippen LogP contribution < -0.4 is 9.64 Å². The van der Waals surface area contributed by atoms with Gasteiger partial charge in [0.2, 0.25) is 0 Å². The van der Waals surface area contributed by atoms with Crippen molar-refractivity contribution in [2.45, 2.75) is 25.1 Å². The van der Waals surface area contributed by atoms with Crippen LogP contribution in [0.4, 0.5) is 19.0 Å². The van der Waals surface area contributed by atoms with E-state index >= 15 is 0 Å². The van der Waals surface area contributed by atoms with Crippen LogP contribution in [-0.2, 0) is 17.4 Å². The van der Waals surface area contributed by atoms with Crippen molar-refractivity contribution < 1.29 is 22.7 Å². The summed E-state index contributed by atoms with van der Waals surface area (Å²) in [6.45, 7) is 1.63. The van der Waals surface area contributed by atoms with E-state index in [2.05, 4.69) is 9.97 Å². The highest BCUT2D eigenvalue weighted by molar-refractivity contribution is 5.82. The Morgan fingerprint density at radius 1 is 1.11 bits per heavy atom. The predicted molar refractivity (Wildman–Crippen MR) is 95.0 cm³/mol. The number of aryl methyl sites for hydroxylation is 1. The molecule has 1 saturated heterocycles. The van der Waals surface area contributed by atoms with Gasteiger partial charge in [-0.3, -0.25) is 4.79 Å². The average Bonchev–Trinajstić information content (AvgIpc) is 2.72. The number of benzene rings is 1. The predicted octanol–water partition coefficient (Wildman–Crippen LogP) is 2.54. The first-order valence-corrected chi connectivity index (χ1v) is 9.09. The van der Waals surface area contributed by atoms with Gasteiger partial charge in [-0.25, -0.2) is 9.97 Å². The number of para-hydroxylation sites is 1. The van der Waals surface area contributed by atoms with Crippen molar-refractivity contribution in [2.75, 3.05) is 31.1 Å². The number of amides is 1. The largest absolute Gasteiger partial charge is 0.480 e. The number of nitrogens with zero attached hydrogens (tertiary/aromatic N) is 4. The minimum Gasteiger partial charge on any atom is -0.480 e. The van der Waals surface area contributed by atoms with Crippen LogP contribution in [0.2, 0.25) is 0 Å².